The van der Waals surface area contributed by atoms with Crippen molar-refractivity contribution in [1.29, 1.82) is 0 Å². The van der Waals surface area contributed by atoms with Crippen molar-refractivity contribution >= 4 is 11.7 Å². The molecule has 2 amide bonds. The second kappa shape index (κ2) is 7.48. The summed E-state index contributed by atoms with van der Waals surface area (Å²) < 4.78 is 15.2. The van der Waals surface area contributed by atoms with E-state index in [9.17, 15) is 4.79 Å². The number of ether oxygens (including phenoxy) is 3. The van der Waals surface area contributed by atoms with Gasteiger partial charge in [-0.2, -0.15) is 0 Å². The van der Waals surface area contributed by atoms with Gasteiger partial charge in [-0.1, -0.05) is 0 Å². The molecule has 0 saturated heterocycles. The van der Waals surface area contributed by atoms with E-state index in [1.165, 1.54) is 7.11 Å². The second-order valence-corrected chi connectivity index (χ2v) is 4.02. The molecule has 2 N–H and O–H groups in total. The maximum atomic E-state index is 11.8. The predicted molar refractivity (Wildman–Crippen MR) is 73.0 cm³/mol. The van der Waals surface area contributed by atoms with E-state index in [0.29, 0.717) is 23.8 Å². The van der Waals surface area contributed by atoms with Gasteiger partial charge in [-0.25, -0.2) is 4.79 Å². The van der Waals surface area contributed by atoms with E-state index < -0.39 is 0 Å². The lowest BCUT2D eigenvalue weighted by atomic mass is 10.2. The van der Waals surface area contributed by atoms with Crippen LogP contribution in [0.4, 0.5) is 10.5 Å². The van der Waals surface area contributed by atoms with E-state index in [2.05, 4.69) is 10.6 Å². The van der Waals surface area contributed by atoms with Gasteiger partial charge in [0.25, 0.3) is 0 Å². The topological polar surface area (TPSA) is 68.8 Å². The summed E-state index contributed by atoms with van der Waals surface area (Å²) in [6, 6.07) is 4.78. The van der Waals surface area contributed by atoms with E-state index in [4.69, 9.17) is 14.2 Å². The summed E-state index contributed by atoms with van der Waals surface area (Å²) in [7, 11) is 4.69. The van der Waals surface area contributed by atoms with E-state index in [1.807, 2.05) is 6.92 Å². The number of amides is 2. The molecule has 0 aliphatic heterocycles. The number of anilines is 1. The Morgan fingerprint density at radius 1 is 1.26 bits per heavy atom. The van der Waals surface area contributed by atoms with Crippen LogP contribution in [0.2, 0.25) is 0 Å². The van der Waals surface area contributed by atoms with Crippen molar-refractivity contribution in [3.05, 3.63) is 18.2 Å². The monoisotopic (exact) mass is 268 g/mol. The molecular weight excluding hydrogens is 248 g/mol. The van der Waals surface area contributed by atoms with Crippen LogP contribution in [0.15, 0.2) is 18.2 Å². The van der Waals surface area contributed by atoms with Crippen LogP contribution in [0, 0.1) is 0 Å². The number of urea groups is 1. The van der Waals surface area contributed by atoms with Gasteiger partial charge in [0.15, 0.2) is 0 Å². The van der Waals surface area contributed by atoms with Crippen molar-refractivity contribution in [2.75, 3.05) is 33.3 Å². The minimum Gasteiger partial charge on any atom is -0.497 e. The molecule has 1 atom stereocenters. The van der Waals surface area contributed by atoms with Crippen molar-refractivity contribution in [2.24, 2.45) is 0 Å². The van der Waals surface area contributed by atoms with Gasteiger partial charge in [0.1, 0.15) is 11.5 Å². The molecule has 106 valence electrons. The van der Waals surface area contributed by atoms with Crippen LogP contribution in [0.25, 0.3) is 0 Å². The molecule has 0 aliphatic carbocycles. The first kappa shape index (κ1) is 15.1. The first-order valence-electron chi connectivity index (χ1n) is 5.89. The molecule has 19 heavy (non-hydrogen) atoms. The molecule has 0 bridgehead atoms. The van der Waals surface area contributed by atoms with Gasteiger partial charge in [-0.15, -0.1) is 0 Å². The Hall–Kier alpha value is -1.95. The summed E-state index contributed by atoms with van der Waals surface area (Å²) in [5.41, 5.74) is 0.574. The number of hydrogen-bond acceptors (Lipinski definition) is 4. The number of carbonyl (C=O) groups excluding carboxylic acids is 1. The summed E-state index contributed by atoms with van der Waals surface area (Å²) >= 11 is 0. The van der Waals surface area contributed by atoms with Gasteiger partial charge in [0, 0.05) is 13.2 Å². The summed E-state index contributed by atoms with van der Waals surface area (Å²) in [5, 5.41) is 5.46. The molecule has 0 spiro atoms. The molecule has 0 saturated carbocycles. The molecular formula is C13H20N2O4. The average molecular weight is 268 g/mol. The quantitative estimate of drug-likeness (QED) is 0.826. The van der Waals surface area contributed by atoms with Crippen molar-refractivity contribution in [1.82, 2.24) is 5.32 Å². The van der Waals surface area contributed by atoms with Crippen LogP contribution in [-0.2, 0) is 4.74 Å². The fourth-order valence-electron chi connectivity index (χ4n) is 1.58. The van der Waals surface area contributed by atoms with Gasteiger partial charge < -0.3 is 24.8 Å². The molecule has 0 fully saturated rings. The fourth-order valence-corrected chi connectivity index (χ4v) is 1.58. The normalized spacial score (nSPS) is 11.6. The van der Waals surface area contributed by atoms with Crippen molar-refractivity contribution in [3.8, 4) is 11.5 Å². The van der Waals surface area contributed by atoms with Crippen molar-refractivity contribution < 1.29 is 19.0 Å². The molecule has 0 aliphatic rings. The van der Waals surface area contributed by atoms with E-state index in [-0.39, 0.29) is 12.1 Å². The van der Waals surface area contributed by atoms with Crippen LogP contribution in [0.1, 0.15) is 6.92 Å². The van der Waals surface area contributed by atoms with Gasteiger partial charge in [0.05, 0.1) is 32.6 Å². The number of rotatable bonds is 6. The highest BCUT2D eigenvalue weighted by Crippen LogP contribution is 2.28. The Kier molecular flexibility index (Phi) is 5.95. The molecule has 6 nitrogen and oxygen atoms in total. The van der Waals surface area contributed by atoms with Crippen LogP contribution < -0.4 is 20.1 Å². The molecule has 1 aromatic carbocycles. The second-order valence-electron chi connectivity index (χ2n) is 4.02. The maximum Gasteiger partial charge on any atom is 0.319 e. The Morgan fingerprint density at radius 3 is 2.58 bits per heavy atom. The predicted octanol–water partition coefficient (Wildman–Crippen LogP) is 1.86. The Labute approximate surface area is 113 Å². The minimum absolute atomic E-state index is 0.0748. The number of benzene rings is 1. The van der Waals surface area contributed by atoms with Gasteiger partial charge in [-0.3, -0.25) is 0 Å². The van der Waals surface area contributed by atoms with Crippen molar-refractivity contribution in [3.63, 3.8) is 0 Å². The van der Waals surface area contributed by atoms with Gasteiger partial charge >= 0.3 is 6.03 Å². The van der Waals surface area contributed by atoms with E-state index >= 15 is 0 Å². The van der Waals surface area contributed by atoms with Crippen LogP contribution in [0.5, 0.6) is 11.5 Å². The number of carbonyl (C=O) groups is 1. The first-order chi connectivity index (χ1) is 9.10. The largest absolute Gasteiger partial charge is 0.497 e. The summed E-state index contributed by atoms with van der Waals surface area (Å²) in [4.78, 5) is 11.8. The van der Waals surface area contributed by atoms with Gasteiger partial charge in [-0.05, 0) is 19.1 Å². The molecule has 0 heterocycles. The SMILES string of the molecule is COC[C@H](C)NC(=O)Nc1ccc(OC)cc1OC. The lowest BCUT2D eigenvalue weighted by Crippen LogP contribution is -2.38. The highest BCUT2D eigenvalue weighted by molar-refractivity contribution is 5.91. The van der Waals surface area contributed by atoms with Crippen molar-refractivity contribution in [2.45, 2.75) is 13.0 Å². The summed E-state index contributed by atoms with van der Waals surface area (Å²) in [6.07, 6.45) is 0. The third kappa shape index (κ3) is 4.67. The molecule has 1 rings (SSSR count). The van der Waals surface area contributed by atoms with Crippen LogP contribution in [0.3, 0.4) is 0 Å². The summed E-state index contributed by atoms with van der Waals surface area (Å²) in [5.74, 6) is 1.20. The average Bonchev–Trinajstić information content (AvgIpc) is 2.39. The molecule has 6 heteroatoms. The highest BCUT2D eigenvalue weighted by atomic mass is 16.5. The smallest absolute Gasteiger partial charge is 0.319 e. The fraction of sp³-hybridized carbons (Fsp3) is 0.462. The Bertz CT molecular complexity index is 423. The van der Waals surface area contributed by atoms with Crippen LogP contribution in [-0.4, -0.2) is 40.0 Å². The zero-order chi connectivity index (χ0) is 14.3. The molecule has 0 aromatic heterocycles. The molecule has 0 radical (unpaired) electrons. The Morgan fingerprint density at radius 2 is 2.00 bits per heavy atom. The number of hydrogen-bond donors (Lipinski definition) is 2. The zero-order valence-corrected chi connectivity index (χ0v) is 11.6. The third-order valence-corrected chi connectivity index (χ3v) is 2.45. The molecule has 0 unspecified atom stereocenters. The van der Waals surface area contributed by atoms with E-state index in [1.54, 1.807) is 32.4 Å². The Balaban J connectivity index is 2.68. The lowest BCUT2D eigenvalue weighted by Gasteiger charge is -2.15. The highest BCUT2D eigenvalue weighted by Gasteiger charge is 2.10. The first-order valence-corrected chi connectivity index (χ1v) is 5.89. The van der Waals surface area contributed by atoms with E-state index in [0.717, 1.165) is 0 Å². The zero-order valence-electron chi connectivity index (χ0n) is 11.6. The van der Waals surface area contributed by atoms with Gasteiger partial charge in [0.2, 0.25) is 0 Å². The standard InChI is InChI=1S/C13H20N2O4/c1-9(8-17-2)14-13(16)15-11-6-5-10(18-3)7-12(11)19-4/h5-7,9H,8H2,1-4H3,(H2,14,15,16)/t9-/m0/s1. The number of methoxy groups -OCH3 is 3. The summed E-state index contributed by atoms with van der Waals surface area (Å²) in [6.45, 7) is 2.31. The van der Waals surface area contributed by atoms with Crippen LogP contribution >= 0.6 is 0 Å². The maximum absolute atomic E-state index is 11.8. The number of nitrogens with one attached hydrogen (secondary N) is 2. The lowest BCUT2D eigenvalue weighted by molar-refractivity contribution is 0.173. The minimum atomic E-state index is -0.312. The third-order valence-electron chi connectivity index (χ3n) is 2.45. The molecule has 1 aromatic rings.